The molecule has 0 unspecified atom stereocenters. The number of amides is 1. The van der Waals surface area contributed by atoms with Crippen molar-refractivity contribution in [2.75, 3.05) is 6.54 Å². The molecule has 0 saturated carbocycles. The lowest BCUT2D eigenvalue weighted by molar-refractivity contribution is -0.144. The van der Waals surface area contributed by atoms with Gasteiger partial charge in [0.05, 0.1) is 18.3 Å². The molecular weight excluding hydrogens is 336 g/mol. The predicted molar refractivity (Wildman–Crippen MR) is 93.1 cm³/mol. The van der Waals surface area contributed by atoms with Crippen LogP contribution in [0.2, 0.25) is 0 Å². The number of rotatable bonds is 6. The lowest BCUT2D eigenvalue weighted by Crippen LogP contribution is -2.44. The van der Waals surface area contributed by atoms with Crippen molar-refractivity contribution in [1.29, 1.82) is 0 Å². The number of carbonyl (C=O) groups excluding carboxylic acids is 2. The summed E-state index contributed by atoms with van der Waals surface area (Å²) >= 11 is 0. The van der Waals surface area contributed by atoms with Crippen molar-refractivity contribution in [3.05, 3.63) is 42.4 Å². The third kappa shape index (κ3) is 4.00. The number of β-amino-alcohol motifs (C(OH)–C–C–N with tert-alkyl or cyclic N) is 1. The second-order valence-corrected chi connectivity index (χ2v) is 6.60. The highest BCUT2D eigenvalue weighted by Gasteiger charge is 2.39. The molecule has 0 bridgehead atoms. The van der Waals surface area contributed by atoms with E-state index < -0.39 is 24.2 Å². The van der Waals surface area contributed by atoms with Crippen molar-refractivity contribution < 1.29 is 24.2 Å². The number of hydrogen-bond acceptors (Lipinski definition) is 6. The fourth-order valence-corrected chi connectivity index (χ4v) is 3.23. The van der Waals surface area contributed by atoms with E-state index in [1.165, 1.54) is 18.2 Å². The number of nitrogens with zero attached hydrogens (tertiary/aromatic N) is 2. The Morgan fingerprint density at radius 1 is 1.35 bits per heavy atom. The average Bonchev–Trinajstić information content (AvgIpc) is 3.29. The molecule has 2 aromatic rings. The summed E-state index contributed by atoms with van der Waals surface area (Å²) in [5.41, 5.74) is 1.90. The number of aliphatic hydroxyl groups is 2. The SMILES string of the molecule is C[C@H](O)C(=O)N1C[C@H](O)C[C@H]1C(=O)CCc1ccc(-c2cnco2)cc1. The van der Waals surface area contributed by atoms with Crippen LogP contribution >= 0.6 is 0 Å². The summed E-state index contributed by atoms with van der Waals surface area (Å²) in [6.07, 6.45) is 2.13. The maximum absolute atomic E-state index is 12.5. The molecule has 1 aromatic heterocycles. The zero-order valence-corrected chi connectivity index (χ0v) is 14.5. The molecule has 1 aliphatic heterocycles. The number of carbonyl (C=O) groups is 2. The number of Topliss-reactive ketones (excluding diaryl/α,β-unsaturated/α-hetero) is 1. The Hall–Kier alpha value is -2.51. The highest BCUT2D eigenvalue weighted by atomic mass is 16.3. The highest BCUT2D eigenvalue weighted by molar-refractivity contribution is 5.91. The number of likely N-dealkylation sites (tertiary alicyclic amines) is 1. The Morgan fingerprint density at radius 3 is 2.69 bits per heavy atom. The molecular formula is C19H22N2O5. The van der Waals surface area contributed by atoms with Crippen LogP contribution in [0.4, 0.5) is 0 Å². The van der Waals surface area contributed by atoms with Crippen LogP contribution in [0.25, 0.3) is 11.3 Å². The van der Waals surface area contributed by atoms with E-state index in [1.807, 2.05) is 24.3 Å². The van der Waals surface area contributed by atoms with Gasteiger partial charge >= 0.3 is 0 Å². The topological polar surface area (TPSA) is 104 Å². The quantitative estimate of drug-likeness (QED) is 0.804. The minimum atomic E-state index is -1.18. The van der Waals surface area contributed by atoms with Crippen molar-refractivity contribution >= 4 is 11.7 Å². The number of oxazole rings is 1. The van der Waals surface area contributed by atoms with E-state index in [0.29, 0.717) is 12.2 Å². The number of hydrogen-bond donors (Lipinski definition) is 2. The van der Waals surface area contributed by atoms with E-state index in [1.54, 1.807) is 6.20 Å². The van der Waals surface area contributed by atoms with Gasteiger partial charge in [-0.05, 0) is 18.9 Å². The molecule has 2 N–H and O–H groups in total. The first-order valence-electron chi connectivity index (χ1n) is 8.63. The zero-order chi connectivity index (χ0) is 18.7. The fourth-order valence-electron chi connectivity index (χ4n) is 3.23. The van der Waals surface area contributed by atoms with E-state index >= 15 is 0 Å². The number of ketones is 1. The summed E-state index contributed by atoms with van der Waals surface area (Å²) in [4.78, 5) is 29.8. The van der Waals surface area contributed by atoms with Crippen molar-refractivity contribution in [3.8, 4) is 11.3 Å². The molecule has 0 radical (unpaired) electrons. The molecule has 3 rings (SSSR count). The second-order valence-electron chi connectivity index (χ2n) is 6.60. The van der Waals surface area contributed by atoms with Crippen molar-refractivity contribution in [2.45, 2.75) is 44.4 Å². The first-order valence-corrected chi connectivity index (χ1v) is 8.63. The summed E-state index contributed by atoms with van der Waals surface area (Å²) < 4.78 is 5.24. The molecule has 138 valence electrons. The Labute approximate surface area is 151 Å². The summed E-state index contributed by atoms with van der Waals surface area (Å²) in [6, 6.07) is 6.99. The molecule has 0 spiro atoms. The number of benzene rings is 1. The molecule has 3 atom stereocenters. The molecule has 2 heterocycles. The van der Waals surface area contributed by atoms with Gasteiger partial charge in [0.25, 0.3) is 5.91 Å². The largest absolute Gasteiger partial charge is 0.444 e. The Balaban J connectivity index is 1.60. The van der Waals surface area contributed by atoms with Gasteiger partial charge in [0.1, 0.15) is 6.10 Å². The second kappa shape index (κ2) is 7.80. The fraction of sp³-hybridized carbons (Fsp3) is 0.421. The molecule has 7 nitrogen and oxygen atoms in total. The lowest BCUT2D eigenvalue weighted by Gasteiger charge is -2.24. The monoisotopic (exact) mass is 358 g/mol. The van der Waals surface area contributed by atoms with Crippen LogP contribution in [-0.4, -0.2) is 56.6 Å². The summed E-state index contributed by atoms with van der Waals surface area (Å²) in [7, 11) is 0. The Kier molecular flexibility index (Phi) is 5.49. The third-order valence-corrected chi connectivity index (χ3v) is 4.62. The molecule has 1 aromatic carbocycles. The van der Waals surface area contributed by atoms with E-state index in [4.69, 9.17) is 4.42 Å². The van der Waals surface area contributed by atoms with Crippen LogP contribution in [0, 0.1) is 0 Å². The molecule has 1 aliphatic rings. The van der Waals surface area contributed by atoms with Crippen LogP contribution in [0.1, 0.15) is 25.3 Å². The maximum atomic E-state index is 12.5. The Morgan fingerprint density at radius 2 is 2.08 bits per heavy atom. The van der Waals surface area contributed by atoms with E-state index in [2.05, 4.69) is 4.98 Å². The van der Waals surface area contributed by atoms with Gasteiger partial charge in [-0.1, -0.05) is 24.3 Å². The van der Waals surface area contributed by atoms with Crippen LogP contribution in [0.5, 0.6) is 0 Å². The van der Waals surface area contributed by atoms with Gasteiger partial charge in [-0.3, -0.25) is 9.59 Å². The van der Waals surface area contributed by atoms with Gasteiger partial charge in [-0.2, -0.15) is 0 Å². The Bertz CT molecular complexity index is 755. The minimum Gasteiger partial charge on any atom is -0.444 e. The maximum Gasteiger partial charge on any atom is 0.251 e. The van der Waals surface area contributed by atoms with E-state index in [9.17, 15) is 19.8 Å². The normalized spacial score (nSPS) is 21.0. The first-order chi connectivity index (χ1) is 12.5. The predicted octanol–water partition coefficient (Wildman–Crippen LogP) is 1.19. The summed E-state index contributed by atoms with van der Waals surface area (Å²) in [6.45, 7) is 1.46. The van der Waals surface area contributed by atoms with Crippen LogP contribution in [0.3, 0.4) is 0 Å². The third-order valence-electron chi connectivity index (χ3n) is 4.62. The van der Waals surface area contributed by atoms with Crippen molar-refractivity contribution in [1.82, 2.24) is 9.88 Å². The smallest absolute Gasteiger partial charge is 0.251 e. The van der Waals surface area contributed by atoms with Crippen molar-refractivity contribution in [2.24, 2.45) is 0 Å². The van der Waals surface area contributed by atoms with Gasteiger partial charge in [0, 0.05) is 24.9 Å². The van der Waals surface area contributed by atoms with Gasteiger partial charge in [0.2, 0.25) is 0 Å². The summed E-state index contributed by atoms with van der Waals surface area (Å²) in [5, 5.41) is 19.3. The molecule has 0 aliphatic carbocycles. The summed E-state index contributed by atoms with van der Waals surface area (Å²) in [5.74, 6) is 0.0611. The zero-order valence-electron chi connectivity index (χ0n) is 14.5. The van der Waals surface area contributed by atoms with Crippen molar-refractivity contribution in [3.63, 3.8) is 0 Å². The molecule has 1 amide bonds. The highest BCUT2D eigenvalue weighted by Crippen LogP contribution is 2.23. The minimum absolute atomic E-state index is 0.0893. The molecule has 7 heteroatoms. The van der Waals surface area contributed by atoms with E-state index in [-0.39, 0.29) is 25.2 Å². The number of aryl methyl sites for hydroxylation is 1. The average molecular weight is 358 g/mol. The van der Waals surface area contributed by atoms with Crippen LogP contribution in [0.15, 0.2) is 41.3 Å². The van der Waals surface area contributed by atoms with Gasteiger partial charge in [-0.25, -0.2) is 4.98 Å². The first kappa shape index (κ1) is 18.3. The lowest BCUT2D eigenvalue weighted by atomic mass is 10.00. The van der Waals surface area contributed by atoms with Gasteiger partial charge in [0.15, 0.2) is 17.9 Å². The van der Waals surface area contributed by atoms with Crippen LogP contribution < -0.4 is 0 Å². The van der Waals surface area contributed by atoms with Gasteiger partial charge < -0.3 is 19.5 Å². The molecule has 1 fully saturated rings. The van der Waals surface area contributed by atoms with Gasteiger partial charge in [-0.15, -0.1) is 0 Å². The molecule has 1 saturated heterocycles. The standard InChI is InChI=1S/C19H22N2O5/c1-12(22)19(25)21-10-15(23)8-16(21)17(24)7-4-13-2-5-14(6-3-13)18-9-20-11-26-18/h2-3,5-6,9,11-12,15-16,22-23H,4,7-8,10H2,1H3/t12-,15+,16-/m0/s1. The number of aliphatic hydroxyl groups excluding tert-OH is 2. The number of aromatic nitrogens is 1. The van der Waals surface area contributed by atoms with E-state index in [0.717, 1.165) is 11.1 Å². The molecule has 26 heavy (non-hydrogen) atoms. The van der Waals surface area contributed by atoms with Crippen LogP contribution in [-0.2, 0) is 16.0 Å².